The molecule has 5 nitrogen and oxygen atoms in total. The van der Waals surface area contributed by atoms with E-state index in [2.05, 4.69) is 15.0 Å². The highest BCUT2D eigenvalue weighted by atomic mass is 35.5. The Morgan fingerprint density at radius 3 is 2.78 bits per heavy atom. The number of hydrogen-bond acceptors (Lipinski definition) is 4. The second-order valence-electron chi connectivity index (χ2n) is 3.43. The monoisotopic (exact) mass is 290 g/mol. The second kappa shape index (κ2) is 7.18. The summed E-state index contributed by atoms with van der Waals surface area (Å²) in [4.78, 5) is 26.3. The maximum Gasteiger partial charge on any atom is 0.305 e. The van der Waals surface area contributed by atoms with Gasteiger partial charge in [0, 0.05) is 19.2 Å². The molecule has 1 aromatic rings. The smallest absolute Gasteiger partial charge is 0.305 e. The van der Waals surface area contributed by atoms with Gasteiger partial charge in [-0.25, -0.2) is 4.98 Å². The number of aromatic nitrogens is 1. The number of hydrogen-bond donors (Lipinski definition) is 1. The van der Waals surface area contributed by atoms with Crippen molar-refractivity contribution in [3.05, 3.63) is 28.0 Å². The lowest BCUT2D eigenvalue weighted by Crippen LogP contribution is -2.25. The molecule has 0 atom stereocenters. The SMILES string of the molecule is COC(=O)CCCNC(=O)c1cnc(Cl)c(Cl)c1. The third-order valence-corrected chi connectivity index (χ3v) is 2.82. The molecule has 0 spiro atoms. The van der Waals surface area contributed by atoms with Crippen LogP contribution in [0.3, 0.4) is 0 Å². The average Bonchev–Trinajstić information content (AvgIpc) is 2.37. The zero-order valence-electron chi connectivity index (χ0n) is 9.70. The van der Waals surface area contributed by atoms with Crippen molar-refractivity contribution in [2.75, 3.05) is 13.7 Å². The number of carbonyl (C=O) groups is 2. The molecule has 0 saturated carbocycles. The van der Waals surface area contributed by atoms with Crippen LogP contribution in [0.25, 0.3) is 0 Å². The third kappa shape index (κ3) is 4.50. The van der Waals surface area contributed by atoms with E-state index in [1.54, 1.807) is 0 Å². The van der Waals surface area contributed by atoms with Gasteiger partial charge in [0.2, 0.25) is 0 Å². The molecule has 7 heteroatoms. The fourth-order valence-electron chi connectivity index (χ4n) is 1.18. The summed E-state index contributed by atoms with van der Waals surface area (Å²) in [6.45, 7) is 0.369. The van der Waals surface area contributed by atoms with Crippen LogP contribution in [-0.2, 0) is 9.53 Å². The van der Waals surface area contributed by atoms with E-state index in [0.29, 0.717) is 18.5 Å². The van der Waals surface area contributed by atoms with Gasteiger partial charge in [0.15, 0.2) is 0 Å². The number of ether oxygens (including phenoxy) is 1. The Balaban J connectivity index is 2.41. The summed E-state index contributed by atoms with van der Waals surface area (Å²) in [5.41, 5.74) is 0.322. The minimum atomic E-state index is -0.314. The van der Waals surface area contributed by atoms with Crippen LogP contribution in [0, 0.1) is 0 Å². The van der Waals surface area contributed by atoms with Gasteiger partial charge in [-0.1, -0.05) is 23.2 Å². The molecule has 0 saturated heterocycles. The van der Waals surface area contributed by atoms with Crippen LogP contribution >= 0.6 is 23.2 Å². The number of amides is 1. The summed E-state index contributed by atoms with van der Waals surface area (Å²) in [5, 5.41) is 3.01. The van der Waals surface area contributed by atoms with Crippen LogP contribution in [0.15, 0.2) is 12.3 Å². The molecule has 0 aliphatic heterocycles. The predicted molar refractivity (Wildman–Crippen MR) is 67.8 cm³/mol. The summed E-state index contributed by atoms with van der Waals surface area (Å²) in [6, 6.07) is 1.44. The van der Waals surface area contributed by atoms with E-state index in [-0.39, 0.29) is 28.5 Å². The first-order chi connectivity index (χ1) is 8.54. The summed E-state index contributed by atoms with van der Waals surface area (Å²) in [6.07, 6.45) is 2.10. The number of halogens is 2. The lowest BCUT2D eigenvalue weighted by molar-refractivity contribution is -0.140. The number of carbonyl (C=O) groups excluding carboxylic acids is 2. The highest BCUT2D eigenvalue weighted by Crippen LogP contribution is 2.19. The average molecular weight is 291 g/mol. The standard InChI is InChI=1S/C11H12Cl2N2O3/c1-18-9(16)3-2-4-14-11(17)7-5-8(12)10(13)15-6-7/h5-6H,2-4H2,1H3,(H,14,17). The lowest BCUT2D eigenvalue weighted by atomic mass is 10.2. The predicted octanol–water partition coefficient (Wildman–Crippen LogP) is 2.07. The van der Waals surface area contributed by atoms with Gasteiger partial charge in [-0.05, 0) is 12.5 Å². The highest BCUT2D eigenvalue weighted by Gasteiger charge is 2.08. The third-order valence-electron chi connectivity index (χ3n) is 2.13. The molecule has 0 fully saturated rings. The van der Waals surface area contributed by atoms with Crippen LogP contribution in [0.5, 0.6) is 0 Å². The van der Waals surface area contributed by atoms with Crippen molar-refractivity contribution in [1.29, 1.82) is 0 Å². The molecule has 1 aromatic heterocycles. The van der Waals surface area contributed by atoms with Gasteiger partial charge < -0.3 is 10.1 Å². The maximum atomic E-state index is 11.7. The van der Waals surface area contributed by atoms with Gasteiger partial charge in [0.05, 0.1) is 17.7 Å². The minimum absolute atomic E-state index is 0.152. The second-order valence-corrected chi connectivity index (χ2v) is 4.20. The Morgan fingerprint density at radius 2 is 2.17 bits per heavy atom. The molecule has 0 unspecified atom stereocenters. The zero-order chi connectivity index (χ0) is 13.5. The number of pyridine rings is 1. The van der Waals surface area contributed by atoms with Crippen molar-refractivity contribution in [3.63, 3.8) is 0 Å². The number of methoxy groups -OCH3 is 1. The van der Waals surface area contributed by atoms with Gasteiger partial charge in [-0.3, -0.25) is 9.59 Å². The number of nitrogens with zero attached hydrogens (tertiary/aromatic N) is 1. The van der Waals surface area contributed by atoms with Crippen LogP contribution < -0.4 is 5.32 Å². The summed E-state index contributed by atoms with van der Waals surface area (Å²) < 4.78 is 4.48. The van der Waals surface area contributed by atoms with Gasteiger partial charge >= 0.3 is 5.97 Å². The molecule has 1 heterocycles. The maximum absolute atomic E-state index is 11.7. The quantitative estimate of drug-likeness (QED) is 0.512. The van der Waals surface area contributed by atoms with Crippen molar-refractivity contribution in [1.82, 2.24) is 10.3 Å². The molecule has 1 rings (SSSR count). The Morgan fingerprint density at radius 1 is 1.44 bits per heavy atom. The molecule has 98 valence electrons. The van der Waals surface area contributed by atoms with E-state index in [1.807, 2.05) is 0 Å². The lowest BCUT2D eigenvalue weighted by Gasteiger charge is -2.05. The Labute approximate surface area is 114 Å². The van der Waals surface area contributed by atoms with Gasteiger partial charge in [-0.2, -0.15) is 0 Å². The molecular formula is C11H12Cl2N2O3. The first kappa shape index (κ1) is 14.7. The number of esters is 1. The van der Waals surface area contributed by atoms with Crippen LogP contribution in [-0.4, -0.2) is 30.5 Å². The van der Waals surface area contributed by atoms with Crippen LogP contribution in [0.2, 0.25) is 10.2 Å². The van der Waals surface area contributed by atoms with Crippen LogP contribution in [0.4, 0.5) is 0 Å². The molecule has 0 bridgehead atoms. The first-order valence-corrected chi connectivity index (χ1v) is 5.96. The molecule has 1 amide bonds. The fraction of sp³-hybridized carbons (Fsp3) is 0.364. The van der Waals surface area contributed by atoms with Crippen molar-refractivity contribution in [2.45, 2.75) is 12.8 Å². The summed E-state index contributed by atoms with van der Waals surface area (Å²) in [7, 11) is 1.32. The molecule has 0 radical (unpaired) electrons. The van der Waals surface area contributed by atoms with Crippen LogP contribution in [0.1, 0.15) is 23.2 Å². The summed E-state index contributed by atoms with van der Waals surface area (Å²) >= 11 is 11.4. The van der Waals surface area contributed by atoms with Crippen molar-refractivity contribution in [2.24, 2.45) is 0 Å². The molecular weight excluding hydrogens is 279 g/mol. The van der Waals surface area contributed by atoms with Crippen molar-refractivity contribution < 1.29 is 14.3 Å². The molecule has 0 aliphatic rings. The minimum Gasteiger partial charge on any atom is -0.469 e. The zero-order valence-corrected chi connectivity index (χ0v) is 11.2. The van der Waals surface area contributed by atoms with E-state index < -0.39 is 0 Å². The molecule has 0 aromatic carbocycles. The highest BCUT2D eigenvalue weighted by molar-refractivity contribution is 6.41. The van der Waals surface area contributed by atoms with E-state index in [9.17, 15) is 9.59 Å². The Bertz CT molecular complexity index is 452. The van der Waals surface area contributed by atoms with E-state index in [4.69, 9.17) is 23.2 Å². The number of rotatable bonds is 5. The first-order valence-electron chi connectivity index (χ1n) is 5.20. The number of nitrogens with one attached hydrogen (secondary N) is 1. The van der Waals surface area contributed by atoms with Gasteiger partial charge in [0.25, 0.3) is 5.91 Å². The van der Waals surface area contributed by atoms with Gasteiger partial charge in [0.1, 0.15) is 5.15 Å². The molecule has 1 N–H and O–H groups in total. The Kier molecular flexibility index (Phi) is 5.88. The molecule has 0 aliphatic carbocycles. The van der Waals surface area contributed by atoms with E-state index in [1.165, 1.54) is 19.4 Å². The van der Waals surface area contributed by atoms with E-state index >= 15 is 0 Å². The largest absolute Gasteiger partial charge is 0.469 e. The molecule has 18 heavy (non-hydrogen) atoms. The Hall–Kier alpha value is -1.33. The van der Waals surface area contributed by atoms with Crippen molar-refractivity contribution in [3.8, 4) is 0 Å². The van der Waals surface area contributed by atoms with E-state index in [0.717, 1.165) is 0 Å². The van der Waals surface area contributed by atoms with Crippen molar-refractivity contribution >= 4 is 35.1 Å². The summed E-state index contributed by atoms with van der Waals surface area (Å²) in [5.74, 6) is -0.619. The fourth-order valence-corrected chi connectivity index (χ4v) is 1.45. The van der Waals surface area contributed by atoms with Gasteiger partial charge in [-0.15, -0.1) is 0 Å². The topological polar surface area (TPSA) is 68.3 Å². The normalized spacial score (nSPS) is 9.94.